The van der Waals surface area contributed by atoms with E-state index in [9.17, 15) is 4.79 Å². The van der Waals surface area contributed by atoms with Crippen molar-refractivity contribution in [3.05, 3.63) is 71.5 Å². The van der Waals surface area contributed by atoms with Crippen LogP contribution >= 0.6 is 11.6 Å². The fraction of sp³-hybridized carbons (Fsp3) is 0.190. The number of rotatable bonds is 6. The summed E-state index contributed by atoms with van der Waals surface area (Å²) in [4.78, 5) is 21.2. The molecule has 0 spiro atoms. The molecule has 1 aromatic carbocycles. The van der Waals surface area contributed by atoms with Gasteiger partial charge in [-0.25, -0.2) is 9.97 Å². The number of carbonyl (C=O) groups excluding carboxylic acids is 1. The molecule has 0 aliphatic heterocycles. The summed E-state index contributed by atoms with van der Waals surface area (Å²) in [5.41, 5.74) is 2.91. The van der Waals surface area contributed by atoms with Crippen LogP contribution in [0.2, 0.25) is 5.02 Å². The normalized spacial score (nSPS) is 13.6. The Kier molecular flexibility index (Phi) is 4.44. The number of benzene rings is 1. The van der Waals surface area contributed by atoms with Gasteiger partial charge in [0.2, 0.25) is 0 Å². The lowest BCUT2D eigenvalue weighted by molar-refractivity contribution is 0.0951. The molecule has 29 heavy (non-hydrogen) atoms. The van der Waals surface area contributed by atoms with Crippen molar-refractivity contribution in [3.63, 3.8) is 0 Å². The maximum absolute atomic E-state index is 12.3. The second-order valence-corrected chi connectivity index (χ2v) is 7.40. The molecule has 0 radical (unpaired) electrons. The SMILES string of the molecule is O=C(NC1CC1)c1ccc(-c2cnc3c(NCc4ccco4)nccn23)cc1Cl. The molecule has 0 bridgehead atoms. The second kappa shape index (κ2) is 7.25. The number of carbonyl (C=O) groups is 1. The third-order valence-electron chi connectivity index (χ3n) is 4.86. The molecule has 5 rings (SSSR count). The number of nitrogens with one attached hydrogen (secondary N) is 2. The maximum atomic E-state index is 12.3. The summed E-state index contributed by atoms with van der Waals surface area (Å²) in [5.74, 6) is 1.34. The monoisotopic (exact) mass is 407 g/mol. The van der Waals surface area contributed by atoms with Crippen molar-refractivity contribution in [1.29, 1.82) is 0 Å². The predicted octanol–water partition coefficient (Wildman–Crippen LogP) is 4.15. The van der Waals surface area contributed by atoms with Crippen molar-refractivity contribution in [1.82, 2.24) is 19.7 Å². The van der Waals surface area contributed by atoms with Gasteiger partial charge in [0.25, 0.3) is 5.91 Å². The standard InChI is InChI=1S/C21H18ClN5O2/c22-17-10-13(3-6-16(17)21(28)26-14-4-5-14)18-12-25-20-19(23-7-8-27(18)20)24-11-15-2-1-9-29-15/h1-3,6-10,12,14H,4-5,11H2,(H,23,24)(H,26,28). The van der Waals surface area contributed by atoms with Crippen LogP contribution in [0.4, 0.5) is 5.82 Å². The van der Waals surface area contributed by atoms with Crippen LogP contribution in [0, 0.1) is 0 Å². The number of aromatic nitrogens is 3. The summed E-state index contributed by atoms with van der Waals surface area (Å²) in [5, 5.41) is 6.63. The number of hydrogen-bond donors (Lipinski definition) is 2. The van der Waals surface area contributed by atoms with Gasteiger partial charge in [-0.2, -0.15) is 0 Å². The number of halogens is 1. The average molecular weight is 408 g/mol. The first kappa shape index (κ1) is 17.8. The minimum atomic E-state index is -0.129. The first-order chi connectivity index (χ1) is 14.2. The molecular weight excluding hydrogens is 390 g/mol. The van der Waals surface area contributed by atoms with Crippen molar-refractivity contribution in [2.45, 2.75) is 25.4 Å². The molecular formula is C21H18ClN5O2. The van der Waals surface area contributed by atoms with E-state index >= 15 is 0 Å². The molecule has 0 saturated heterocycles. The van der Waals surface area contributed by atoms with E-state index in [0.717, 1.165) is 29.9 Å². The molecule has 8 heteroatoms. The van der Waals surface area contributed by atoms with E-state index in [4.69, 9.17) is 16.0 Å². The lowest BCUT2D eigenvalue weighted by Gasteiger charge is -2.09. The molecule has 3 heterocycles. The summed E-state index contributed by atoms with van der Waals surface area (Å²) in [6, 6.07) is 9.46. The maximum Gasteiger partial charge on any atom is 0.253 e. The largest absolute Gasteiger partial charge is 0.467 e. The quantitative estimate of drug-likeness (QED) is 0.501. The van der Waals surface area contributed by atoms with Crippen LogP contribution in [0.5, 0.6) is 0 Å². The van der Waals surface area contributed by atoms with Crippen LogP contribution in [-0.4, -0.2) is 26.3 Å². The molecule has 1 fully saturated rings. The molecule has 3 aromatic heterocycles. The number of amides is 1. The highest BCUT2D eigenvalue weighted by molar-refractivity contribution is 6.34. The lowest BCUT2D eigenvalue weighted by atomic mass is 10.1. The fourth-order valence-electron chi connectivity index (χ4n) is 3.19. The molecule has 4 aromatic rings. The Hall–Kier alpha value is -3.32. The van der Waals surface area contributed by atoms with Gasteiger partial charge in [0.1, 0.15) is 5.76 Å². The highest BCUT2D eigenvalue weighted by Gasteiger charge is 2.25. The highest BCUT2D eigenvalue weighted by atomic mass is 35.5. The van der Waals surface area contributed by atoms with Gasteiger partial charge in [-0.15, -0.1) is 0 Å². The van der Waals surface area contributed by atoms with Crippen molar-refractivity contribution >= 4 is 29.0 Å². The summed E-state index contributed by atoms with van der Waals surface area (Å²) >= 11 is 6.41. The number of nitrogens with zero attached hydrogens (tertiary/aromatic N) is 3. The fourth-order valence-corrected chi connectivity index (χ4v) is 3.46. The average Bonchev–Trinajstić information content (AvgIpc) is 3.20. The van der Waals surface area contributed by atoms with E-state index in [1.807, 2.05) is 28.8 Å². The van der Waals surface area contributed by atoms with Crippen LogP contribution in [0.3, 0.4) is 0 Å². The van der Waals surface area contributed by atoms with Crippen molar-refractivity contribution in [2.24, 2.45) is 0 Å². The van der Waals surface area contributed by atoms with Gasteiger partial charge in [0, 0.05) is 24.0 Å². The van der Waals surface area contributed by atoms with Crippen molar-refractivity contribution in [3.8, 4) is 11.3 Å². The van der Waals surface area contributed by atoms with Crippen LogP contribution in [0.25, 0.3) is 16.9 Å². The van der Waals surface area contributed by atoms with Crippen LogP contribution in [0.15, 0.2) is 59.6 Å². The van der Waals surface area contributed by atoms with E-state index in [0.29, 0.717) is 28.6 Å². The number of fused-ring (bicyclic) bond motifs is 1. The summed E-state index contributed by atoms with van der Waals surface area (Å²) in [6.07, 6.45) is 9.03. The van der Waals surface area contributed by atoms with Gasteiger partial charge in [-0.3, -0.25) is 9.20 Å². The summed E-state index contributed by atoms with van der Waals surface area (Å²) in [7, 11) is 0. The van der Waals surface area contributed by atoms with Crippen LogP contribution in [0.1, 0.15) is 29.0 Å². The number of imidazole rings is 1. The minimum Gasteiger partial charge on any atom is -0.467 e. The smallest absolute Gasteiger partial charge is 0.253 e. The molecule has 0 unspecified atom stereocenters. The number of furan rings is 1. The van der Waals surface area contributed by atoms with Crippen molar-refractivity contribution in [2.75, 3.05) is 5.32 Å². The molecule has 146 valence electrons. The topological polar surface area (TPSA) is 84.5 Å². The zero-order valence-electron chi connectivity index (χ0n) is 15.4. The van der Waals surface area contributed by atoms with Gasteiger partial charge >= 0.3 is 0 Å². The first-order valence-corrected chi connectivity index (χ1v) is 9.76. The van der Waals surface area contributed by atoms with Gasteiger partial charge in [-0.05, 0) is 37.1 Å². The molecule has 7 nitrogen and oxygen atoms in total. The Balaban J connectivity index is 1.43. The summed E-state index contributed by atoms with van der Waals surface area (Å²) < 4.78 is 7.29. The molecule has 1 aliphatic rings. The number of hydrogen-bond acceptors (Lipinski definition) is 5. The highest BCUT2D eigenvalue weighted by Crippen LogP contribution is 2.28. The molecule has 0 atom stereocenters. The number of anilines is 1. The van der Waals surface area contributed by atoms with E-state index in [1.165, 1.54) is 0 Å². The summed E-state index contributed by atoms with van der Waals surface area (Å²) in [6.45, 7) is 0.512. The lowest BCUT2D eigenvalue weighted by Crippen LogP contribution is -2.25. The molecule has 2 N–H and O–H groups in total. The van der Waals surface area contributed by atoms with Gasteiger partial charge in [0.15, 0.2) is 11.5 Å². The Labute approximate surface area is 171 Å². The third-order valence-corrected chi connectivity index (χ3v) is 5.17. The molecule has 1 saturated carbocycles. The van der Waals surface area contributed by atoms with E-state index < -0.39 is 0 Å². The first-order valence-electron chi connectivity index (χ1n) is 9.38. The van der Waals surface area contributed by atoms with E-state index in [2.05, 4.69) is 20.6 Å². The minimum absolute atomic E-state index is 0.129. The Bertz CT molecular complexity index is 1180. The van der Waals surface area contributed by atoms with Gasteiger partial charge < -0.3 is 15.1 Å². The third kappa shape index (κ3) is 3.56. The Morgan fingerprint density at radius 1 is 1.28 bits per heavy atom. The Morgan fingerprint density at radius 2 is 2.17 bits per heavy atom. The Morgan fingerprint density at radius 3 is 2.93 bits per heavy atom. The zero-order chi connectivity index (χ0) is 19.8. The molecule has 1 amide bonds. The zero-order valence-corrected chi connectivity index (χ0v) is 16.2. The molecule has 1 aliphatic carbocycles. The van der Waals surface area contributed by atoms with Gasteiger partial charge in [0.05, 0.1) is 35.3 Å². The predicted molar refractivity (Wildman–Crippen MR) is 110 cm³/mol. The van der Waals surface area contributed by atoms with Crippen molar-refractivity contribution < 1.29 is 9.21 Å². The van der Waals surface area contributed by atoms with E-state index in [-0.39, 0.29) is 11.9 Å². The van der Waals surface area contributed by atoms with E-state index in [1.54, 1.807) is 30.8 Å². The second-order valence-electron chi connectivity index (χ2n) is 6.99. The van der Waals surface area contributed by atoms with Gasteiger partial charge in [-0.1, -0.05) is 17.7 Å². The van der Waals surface area contributed by atoms with Crippen LogP contribution in [-0.2, 0) is 6.54 Å². The van der Waals surface area contributed by atoms with Crippen LogP contribution < -0.4 is 10.6 Å².